The normalized spacial score (nSPS) is 10.9. The van der Waals surface area contributed by atoms with Crippen LogP contribution in [-0.2, 0) is 5.41 Å². The lowest BCUT2D eigenvalue weighted by Crippen LogP contribution is -2.19. The third kappa shape index (κ3) is 7.22. The maximum atomic E-state index is 12.8. The fraction of sp³-hybridized carbons (Fsp3) is 0.222. The Morgan fingerprint density at radius 1 is 0.821 bits per heavy atom. The highest BCUT2D eigenvalue weighted by molar-refractivity contribution is 6.05. The van der Waals surface area contributed by atoms with Crippen molar-refractivity contribution in [2.24, 2.45) is 0 Å². The van der Waals surface area contributed by atoms with Crippen LogP contribution in [0.15, 0.2) is 65.2 Å². The number of anilines is 3. The minimum Gasteiger partial charge on any atom is -0.481 e. The predicted octanol–water partition coefficient (Wildman–Crippen LogP) is 5.47. The van der Waals surface area contributed by atoms with Crippen molar-refractivity contribution in [3.63, 3.8) is 0 Å². The molecule has 0 spiro atoms. The lowest BCUT2D eigenvalue weighted by atomic mass is 9.93. The van der Waals surface area contributed by atoms with E-state index in [1.165, 1.54) is 20.3 Å². The maximum absolute atomic E-state index is 12.8. The Balaban J connectivity index is 1.35. The Morgan fingerprint density at radius 3 is 2.05 bits per heavy atom. The standard InChI is InChI=1S/C27H28N6O6/c1-27(2,3)20-14-21(33-39-20)30-25(35)29-18-11-9-17(10-12-18)28-24(34)16-7-6-8-19(13-16)38-26-31-22(36-4)15-23(32-26)37-5/h6-15H,1-5H3,(H,28,34)(H2,29,30,33,35). The molecule has 0 aliphatic heterocycles. The fourth-order valence-electron chi connectivity index (χ4n) is 3.25. The zero-order valence-corrected chi connectivity index (χ0v) is 22.1. The highest BCUT2D eigenvalue weighted by Gasteiger charge is 2.20. The zero-order valence-electron chi connectivity index (χ0n) is 22.1. The van der Waals surface area contributed by atoms with E-state index in [0.717, 1.165) is 0 Å². The molecule has 3 N–H and O–H groups in total. The van der Waals surface area contributed by atoms with Crippen LogP contribution in [-0.4, -0.2) is 41.3 Å². The molecule has 12 heteroatoms. The van der Waals surface area contributed by atoms with Crippen molar-refractivity contribution >= 4 is 29.1 Å². The lowest BCUT2D eigenvalue weighted by molar-refractivity contribution is 0.102. The van der Waals surface area contributed by atoms with Crippen LogP contribution in [0.2, 0.25) is 0 Å². The van der Waals surface area contributed by atoms with Gasteiger partial charge in [0.15, 0.2) is 5.82 Å². The number of rotatable bonds is 8. The van der Waals surface area contributed by atoms with Crippen molar-refractivity contribution in [2.75, 3.05) is 30.2 Å². The van der Waals surface area contributed by atoms with Gasteiger partial charge in [-0.25, -0.2) is 4.79 Å². The first kappa shape index (κ1) is 26.9. The summed E-state index contributed by atoms with van der Waals surface area (Å²) in [6.45, 7) is 5.95. The summed E-state index contributed by atoms with van der Waals surface area (Å²) in [6, 6.07) is 15.9. The highest BCUT2D eigenvalue weighted by atomic mass is 16.5. The van der Waals surface area contributed by atoms with E-state index in [-0.39, 0.29) is 29.1 Å². The van der Waals surface area contributed by atoms with Gasteiger partial charge >= 0.3 is 12.0 Å². The molecule has 4 rings (SSSR count). The first-order chi connectivity index (χ1) is 18.6. The fourth-order valence-corrected chi connectivity index (χ4v) is 3.25. The largest absolute Gasteiger partial charge is 0.481 e. The van der Waals surface area contributed by atoms with Gasteiger partial charge in [-0.05, 0) is 42.5 Å². The number of urea groups is 1. The number of nitrogens with zero attached hydrogens (tertiary/aromatic N) is 3. The molecule has 2 heterocycles. The Kier molecular flexibility index (Phi) is 7.94. The molecule has 0 fully saturated rings. The molecule has 2 aromatic carbocycles. The molecule has 39 heavy (non-hydrogen) atoms. The van der Waals surface area contributed by atoms with Gasteiger partial charge in [-0.2, -0.15) is 9.97 Å². The van der Waals surface area contributed by atoms with Crippen molar-refractivity contribution in [1.82, 2.24) is 15.1 Å². The second kappa shape index (κ2) is 11.5. The summed E-state index contributed by atoms with van der Waals surface area (Å²) in [4.78, 5) is 33.4. The average molecular weight is 533 g/mol. The van der Waals surface area contributed by atoms with E-state index < -0.39 is 6.03 Å². The van der Waals surface area contributed by atoms with Crippen LogP contribution in [0.5, 0.6) is 23.5 Å². The molecule has 0 aliphatic rings. The molecule has 0 saturated heterocycles. The summed E-state index contributed by atoms with van der Waals surface area (Å²) in [5.41, 5.74) is 1.18. The van der Waals surface area contributed by atoms with Crippen LogP contribution in [0, 0.1) is 0 Å². The van der Waals surface area contributed by atoms with Crippen LogP contribution < -0.4 is 30.2 Å². The van der Waals surface area contributed by atoms with Crippen molar-refractivity contribution in [3.05, 3.63) is 72.0 Å². The third-order valence-corrected chi connectivity index (χ3v) is 5.27. The smallest absolute Gasteiger partial charge is 0.328 e. The Hall–Kier alpha value is -5.13. The monoisotopic (exact) mass is 532 g/mol. The highest BCUT2D eigenvalue weighted by Crippen LogP contribution is 2.26. The summed E-state index contributed by atoms with van der Waals surface area (Å²) >= 11 is 0. The van der Waals surface area contributed by atoms with Crippen LogP contribution in [0.1, 0.15) is 36.9 Å². The van der Waals surface area contributed by atoms with E-state index in [9.17, 15) is 9.59 Å². The van der Waals surface area contributed by atoms with E-state index in [1.54, 1.807) is 54.6 Å². The number of carbonyl (C=O) groups excluding carboxylic acids is 2. The molecule has 0 unspecified atom stereocenters. The van der Waals surface area contributed by atoms with Crippen molar-refractivity contribution < 1.29 is 28.3 Å². The van der Waals surface area contributed by atoms with Crippen LogP contribution in [0.4, 0.5) is 22.0 Å². The van der Waals surface area contributed by atoms with Gasteiger partial charge in [0, 0.05) is 28.4 Å². The van der Waals surface area contributed by atoms with Gasteiger partial charge in [-0.15, -0.1) is 0 Å². The van der Waals surface area contributed by atoms with Gasteiger partial charge < -0.3 is 29.4 Å². The number of carbonyl (C=O) groups is 2. The van der Waals surface area contributed by atoms with Gasteiger partial charge in [-0.1, -0.05) is 32.0 Å². The minimum absolute atomic E-state index is 0.00841. The van der Waals surface area contributed by atoms with Gasteiger partial charge in [-0.3, -0.25) is 10.1 Å². The van der Waals surface area contributed by atoms with Crippen molar-refractivity contribution in [1.29, 1.82) is 0 Å². The number of hydrogen-bond acceptors (Lipinski definition) is 9. The number of ether oxygens (including phenoxy) is 3. The number of methoxy groups -OCH3 is 2. The topological polar surface area (TPSA) is 150 Å². The molecule has 202 valence electrons. The molecule has 12 nitrogen and oxygen atoms in total. The molecule has 0 saturated carbocycles. The average Bonchev–Trinajstić information content (AvgIpc) is 3.38. The summed E-state index contributed by atoms with van der Waals surface area (Å²) in [5, 5.41) is 12.0. The van der Waals surface area contributed by atoms with Crippen LogP contribution >= 0.6 is 0 Å². The number of hydrogen-bond donors (Lipinski definition) is 3. The Bertz CT molecular complexity index is 1440. The maximum Gasteiger partial charge on any atom is 0.328 e. The van der Waals surface area contributed by atoms with Crippen molar-refractivity contribution in [3.8, 4) is 23.5 Å². The number of aromatic nitrogens is 3. The third-order valence-electron chi connectivity index (χ3n) is 5.27. The van der Waals surface area contributed by atoms with E-state index in [0.29, 0.717) is 34.3 Å². The Labute approximate surface area is 224 Å². The van der Waals surface area contributed by atoms with Crippen LogP contribution in [0.25, 0.3) is 0 Å². The van der Waals surface area contributed by atoms with Gasteiger partial charge in [0.05, 0.1) is 20.3 Å². The molecule has 2 aromatic heterocycles. The molecular formula is C27H28N6O6. The first-order valence-corrected chi connectivity index (χ1v) is 11.8. The van der Waals surface area contributed by atoms with Crippen LogP contribution in [0.3, 0.4) is 0 Å². The quantitative estimate of drug-likeness (QED) is 0.268. The molecule has 0 radical (unpaired) electrons. The van der Waals surface area contributed by atoms with Gasteiger partial charge in [0.1, 0.15) is 11.5 Å². The van der Waals surface area contributed by atoms with E-state index in [1.807, 2.05) is 20.8 Å². The molecule has 3 amide bonds. The molecule has 0 bridgehead atoms. The SMILES string of the molecule is COc1cc(OC)nc(Oc2cccc(C(=O)Nc3ccc(NC(=O)Nc4cc(C(C)(C)C)on4)cc3)c2)n1. The summed E-state index contributed by atoms with van der Waals surface area (Å²) in [6.07, 6.45) is 0. The molecule has 4 aromatic rings. The second-order valence-electron chi connectivity index (χ2n) is 9.30. The number of amides is 3. The second-order valence-corrected chi connectivity index (χ2v) is 9.30. The minimum atomic E-state index is -0.477. The molecule has 0 aliphatic carbocycles. The molecule has 0 atom stereocenters. The first-order valence-electron chi connectivity index (χ1n) is 11.8. The molecular weight excluding hydrogens is 504 g/mol. The number of benzene rings is 2. The van der Waals surface area contributed by atoms with E-state index in [4.69, 9.17) is 18.7 Å². The van der Waals surface area contributed by atoms with E-state index >= 15 is 0 Å². The van der Waals surface area contributed by atoms with Gasteiger partial charge in [0.25, 0.3) is 5.91 Å². The van der Waals surface area contributed by atoms with Gasteiger partial charge in [0.2, 0.25) is 11.8 Å². The number of nitrogens with one attached hydrogen (secondary N) is 3. The predicted molar refractivity (Wildman–Crippen MR) is 144 cm³/mol. The summed E-state index contributed by atoms with van der Waals surface area (Å²) < 4.78 is 21.2. The lowest BCUT2D eigenvalue weighted by Gasteiger charge is -2.12. The Morgan fingerprint density at radius 2 is 1.46 bits per heavy atom. The van der Waals surface area contributed by atoms with E-state index in [2.05, 4.69) is 31.1 Å². The van der Waals surface area contributed by atoms with Crippen molar-refractivity contribution in [2.45, 2.75) is 26.2 Å². The zero-order chi connectivity index (χ0) is 28.0. The summed E-state index contributed by atoms with van der Waals surface area (Å²) in [5.74, 6) is 1.51. The summed E-state index contributed by atoms with van der Waals surface area (Å²) in [7, 11) is 2.93.